The van der Waals surface area contributed by atoms with Gasteiger partial charge in [-0.25, -0.2) is 0 Å². The molecule has 34 heavy (non-hydrogen) atoms. The third-order valence-corrected chi connectivity index (χ3v) is 6.48. The molecule has 172 valence electrons. The summed E-state index contributed by atoms with van der Waals surface area (Å²) in [6.45, 7) is 7.18. The monoisotopic (exact) mass is 457 g/mol. The second kappa shape index (κ2) is 8.32. The maximum atomic E-state index is 13.6. The topological polar surface area (TPSA) is 106 Å². The Morgan fingerprint density at radius 2 is 1.85 bits per heavy atom. The Hall–Kier alpha value is -4.16. The van der Waals surface area contributed by atoms with Gasteiger partial charge in [-0.2, -0.15) is 5.26 Å². The molecule has 5 rings (SSSR count). The molecule has 0 saturated heterocycles. The van der Waals surface area contributed by atoms with E-state index in [2.05, 4.69) is 29.4 Å². The van der Waals surface area contributed by atoms with Crippen molar-refractivity contribution in [1.29, 1.82) is 5.26 Å². The van der Waals surface area contributed by atoms with Crippen molar-refractivity contribution in [2.45, 2.75) is 26.5 Å². The highest BCUT2D eigenvalue weighted by molar-refractivity contribution is 6.09. The van der Waals surface area contributed by atoms with Gasteiger partial charge in [0.25, 0.3) is 11.2 Å². The quantitative estimate of drug-likeness (QED) is 0.322. The lowest BCUT2D eigenvalue weighted by Crippen LogP contribution is -2.40. The highest BCUT2D eigenvalue weighted by Crippen LogP contribution is 2.40. The second-order valence-electron chi connectivity index (χ2n) is 8.28. The number of hydrogen-bond donors (Lipinski definition) is 0. The van der Waals surface area contributed by atoms with Crippen LogP contribution in [0.3, 0.4) is 0 Å². The third kappa shape index (κ3) is 3.23. The van der Waals surface area contributed by atoms with Crippen LogP contribution in [0.5, 0.6) is 5.75 Å². The molecule has 9 nitrogen and oxygen atoms in total. The van der Waals surface area contributed by atoms with Gasteiger partial charge >= 0.3 is 0 Å². The Kier molecular flexibility index (Phi) is 5.30. The van der Waals surface area contributed by atoms with Crippen molar-refractivity contribution >= 4 is 27.6 Å². The zero-order valence-electron chi connectivity index (χ0n) is 18.9. The summed E-state index contributed by atoms with van der Waals surface area (Å²) >= 11 is 0. The van der Waals surface area contributed by atoms with Gasteiger partial charge in [0.15, 0.2) is 11.3 Å². The summed E-state index contributed by atoms with van der Waals surface area (Å²) in [6.07, 6.45) is -0.215. The minimum absolute atomic E-state index is 0.0702. The Morgan fingerprint density at radius 1 is 1.15 bits per heavy atom. The van der Waals surface area contributed by atoms with Crippen LogP contribution in [0, 0.1) is 21.4 Å². The normalized spacial score (nSPS) is 14.9. The number of nitrogens with zero attached hydrogens (tertiary/aromatic N) is 5. The van der Waals surface area contributed by atoms with Crippen LogP contribution in [0.15, 0.2) is 53.3 Å². The third-order valence-electron chi connectivity index (χ3n) is 6.48. The Labute approximate surface area is 195 Å². The number of hydrogen-bond acceptors (Lipinski definition) is 6. The maximum absolute atomic E-state index is 13.6. The molecule has 0 fully saturated rings. The standard InChI is InChI=1S/C25H23N5O4/c1-3-27(4-2)14-18-15-28-21-8-6-5-7-19(21)22-23(28)24(34-18)20(13-26)25(31)29(22)16-9-11-17(12-10-16)30(32)33/h5-12,18H,3-4,14-15H2,1-2H3. The lowest BCUT2D eigenvalue weighted by Gasteiger charge is -2.31. The number of benzene rings is 2. The number of rotatable bonds is 6. The summed E-state index contributed by atoms with van der Waals surface area (Å²) in [5.41, 5.74) is 2.06. The van der Waals surface area contributed by atoms with E-state index in [9.17, 15) is 20.2 Å². The first kappa shape index (κ1) is 21.7. The van der Waals surface area contributed by atoms with Crippen LogP contribution in [-0.2, 0) is 6.54 Å². The van der Waals surface area contributed by atoms with Gasteiger partial charge in [0.05, 0.1) is 22.5 Å². The summed E-state index contributed by atoms with van der Waals surface area (Å²) in [4.78, 5) is 26.5. The van der Waals surface area contributed by atoms with E-state index in [-0.39, 0.29) is 17.4 Å². The molecular formula is C25H23N5O4. The van der Waals surface area contributed by atoms with Crippen LogP contribution >= 0.6 is 0 Å². The summed E-state index contributed by atoms with van der Waals surface area (Å²) in [5.74, 6) is 0.306. The summed E-state index contributed by atoms with van der Waals surface area (Å²) in [5, 5.41) is 21.9. The van der Waals surface area contributed by atoms with Gasteiger partial charge in [-0.15, -0.1) is 0 Å². The number of ether oxygens (including phenoxy) is 1. The van der Waals surface area contributed by atoms with Crippen molar-refractivity contribution in [2.24, 2.45) is 0 Å². The molecule has 9 heteroatoms. The minimum Gasteiger partial charge on any atom is -0.483 e. The first-order valence-corrected chi connectivity index (χ1v) is 11.2. The van der Waals surface area contributed by atoms with Crippen molar-refractivity contribution < 1.29 is 9.66 Å². The van der Waals surface area contributed by atoms with Crippen molar-refractivity contribution in [3.63, 3.8) is 0 Å². The van der Waals surface area contributed by atoms with Crippen molar-refractivity contribution in [3.8, 4) is 17.5 Å². The highest BCUT2D eigenvalue weighted by atomic mass is 16.6. The SMILES string of the molecule is CCN(CC)CC1Cn2c3ccccc3c3c2c(c(C#N)c(=O)n3-c2ccc([N+](=O)[O-])cc2)O1. The van der Waals surface area contributed by atoms with E-state index >= 15 is 0 Å². The first-order chi connectivity index (χ1) is 16.5. The molecule has 1 unspecified atom stereocenters. The predicted molar refractivity (Wildman–Crippen MR) is 129 cm³/mol. The van der Waals surface area contributed by atoms with Gasteiger partial charge in [-0.3, -0.25) is 19.5 Å². The van der Waals surface area contributed by atoms with E-state index in [4.69, 9.17) is 4.74 Å². The number of aromatic nitrogens is 2. The number of pyridine rings is 1. The Bertz CT molecular complexity index is 1520. The second-order valence-corrected chi connectivity index (χ2v) is 8.28. The number of fused-ring (bicyclic) bond motifs is 3. The fourth-order valence-corrected chi connectivity index (χ4v) is 4.82. The number of likely N-dealkylation sites (N-methyl/N-ethyl adjacent to an activating group) is 1. The Balaban J connectivity index is 1.82. The van der Waals surface area contributed by atoms with Gasteiger partial charge in [0.1, 0.15) is 17.7 Å². The molecule has 2 aromatic carbocycles. The van der Waals surface area contributed by atoms with E-state index in [1.165, 1.54) is 28.8 Å². The number of nitro benzene ring substituents is 1. The molecular weight excluding hydrogens is 434 g/mol. The largest absolute Gasteiger partial charge is 0.483 e. The maximum Gasteiger partial charge on any atom is 0.277 e. The molecule has 0 spiro atoms. The van der Waals surface area contributed by atoms with Crippen LogP contribution in [-0.4, -0.2) is 44.7 Å². The van der Waals surface area contributed by atoms with Crippen LogP contribution in [0.1, 0.15) is 19.4 Å². The summed E-state index contributed by atoms with van der Waals surface area (Å²) in [7, 11) is 0. The average Bonchev–Trinajstić information content (AvgIpc) is 3.18. The van der Waals surface area contributed by atoms with E-state index in [1.54, 1.807) is 0 Å². The van der Waals surface area contributed by atoms with Gasteiger partial charge in [0, 0.05) is 29.8 Å². The molecule has 3 heterocycles. The highest BCUT2D eigenvalue weighted by Gasteiger charge is 2.32. The van der Waals surface area contributed by atoms with Gasteiger partial charge in [-0.1, -0.05) is 32.0 Å². The van der Waals surface area contributed by atoms with Gasteiger partial charge < -0.3 is 14.2 Å². The van der Waals surface area contributed by atoms with E-state index in [1.807, 2.05) is 24.3 Å². The van der Waals surface area contributed by atoms with Crippen molar-refractivity contribution in [2.75, 3.05) is 19.6 Å². The summed E-state index contributed by atoms with van der Waals surface area (Å²) in [6, 6.07) is 15.6. The number of nitriles is 1. The fraction of sp³-hybridized carbons (Fsp3) is 0.280. The van der Waals surface area contributed by atoms with Crippen LogP contribution < -0.4 is 10.3 Å². The first-order valence-electron chi connectivity index (χ1n) is 11.2. The molecule has 1 aliphatic rings. The minimum atomic E-state index is -0.509. The zero-order chi connectivity index (χ0) is 24.0. The lowest BCUT2D eigenvalue weighted by molar-refractivity contribution is -0.384. The molecule has 0 N–H and O–H groups in total. The fourth-order valence-electron chi connectivity index (χ4n) is 4.82. The molecule has 0 saturated carbocycles. The van der Waals surface area contributed by atoms with Crippen molar-refractivity contribution in [1.82, 2.24) is 14.0 Å². The number of para-hydroxylation sites is 1. The predicted octanol–water partition coefficient (Wildman–Crippen LogP) is 3.83. The van der Waals surface area contributed by atoms with Gasteiger partial charge in [-0.05, 0) is 31.3 Å². The number of non-ortho nitro benzene ring substituents is 1. The van der Waals surface area contributed by atoms with Crippen LogP contribution in [0.4, 0.5) is 5.69 Å². The van der Waals surface area contributed by atoms with Crippen LogP contribution in [0.25, 0.3) is 27.6 Å². The molecule has 0 bridgehead atoms. The smallest absolute Gasteiger partial charge is 0.277 e. The van der Waals surface area contributed by atoms with Crippen molar-refractivity contribution in [3.05, 3.63) is 74.6 Å². The molecule has 4 aromatic rings. The molecule has 1 atom stereocenters. The summed E-state index contributed by atoms with van der Waals surface area (Å²) < 4.78 is 9.92. The molecule has 1 aliphatic heterocycles. The average molecular weight is 457 g/mol. The zero-order valence-corrected chi connectivity index (χ0v) is 18.9. The van der Waals surface area contributed by atoms with Gasteiger partial charge in [0.2, 0.25) is 0 Å². The Morgan fingerprint density at radius 3 is 2.50 bits per heavy atom. The van der Waals surface area contributed by atoms with Crippen LogP contribution in [0.2, 0.25) is 0 Å². The molecule has 0 radical (unpaired) electrons. The lowest BCUT2D eigenvalue weighted by atomic mass is 10.1. The molecule has 0 amide bonds. The van der Waals surface area contributed by atoms with E-state index in [0.29, 0.717) is 35.6 Å². The molecule has 2 aromatic heterocycles. The van der Waals surface area contributed by atoms with E-state index < -0.39 is 10.5 Å². The number of nitro groups is 1. The van der Waals surface area contributed by atoms with E-state index in [0.717, 1.165) is 24.0 Å². The molecule has 0 aliphatic carbocycles.